The monoisotopic (exact) mass is 415 g/mol. The molecule has 2 N–H and O–H groups in total. The van der Waals surface area contributed by atoms with Gasteiger partial charge in [-0.3, -0.25) is 0 Å². The standard InChI is InChI=1S/C22H24F3N5/c1-13(16-4-3-5-17(21(16)23)22(24)25)28-20-12-27-29-19-7-6-14(10-18(19)20)30(2)15-8-9-26-11-15/h3-7,10,12-13,15,22,26H,8-9,11H2,1-2H3,(H,28,29)/t13-,15?/m1/s1. The first-order valence-electron chi connectivity index (χ1n) is 9.97. The lowest BCUT2D eigenvalue weighted by atomic mass is 10.0. The number of hydrogen-bond acceptors (Lipinski definition) is 5. The number of rotatable bonds is 6. The van der Waals surface area contributed by atoms with E-state index in [1.54, 1.807) is 13.1 Å². The molecule has 3 aromatic rings. The lowest BCUT2D eigenvalue weighted by molar-refractivity contribution is 0.146. The molecule has 1 unspecified atom stereocenters. The molecule has 0 amide bonds. The molecular formula is C22H24F3N5. The number of fused-ring (bicyclic) bond motifs is 1. The van der Waals surface area contributed by atoms with Crippen molar-refractivity contribution < 1.29 is 13.2 Å². The van der Waals surface area contributed by atoms with Gasteiger partial charge >= 0.3 is 0 Å². The molecule has 5 nitrogen and oxygen atoms in total. The van der Waals surface area contributed by atoms with Crippen LogP contribution in [0.5, 0.6) is 0 Å². The number of nitrogens with one attached hydrogen (secondary N) is 2. The highest BCUT2D eigenvalue weighted by molar-refractivity contribution is 5.93. The van der Waals surface area contributed by atoms with Gasteiger partial charge in [0.1, 0.15) is 5.82 Å². The summed E-state index contributed by atoms with van der Waals surface area (Å²) in [7, 11) is 2.06. The van der Waals surface area contributed by atoms with Crippen LogP contribution in [0.25, 0.3) is 10.9 Å². The van der Waals surface area contributed by atoms with Gasteiger partial charge in [0.25, 0.3) is 6.43 Å². The van der Waals surface area contributed by atoms with Gasteiger partial charge in [0.15, 0.2) is 0 Å². The summed E-state index contributed by atoms with van der Waals surface area (Å²) >= 11 is 0. The number of hydrogen-bond donors (Lipinski definition) is 2. The lowest BCUT2D eigenvalue weighted by Gasteiger charge is -2.26. The summed E-state index contributed by atoms with van der Waals surface area (Å²) in [6.07, 6.45) is -0.205. The van der Waals surface area contributed by atoms with Crippen molar-refractivity contribution in [2.24, 2.45) is 0 Å². The first-order chi connectivity index (χ1) is 14.5. The Hall–Kier alpha value is -2.87. The molecule has 1 aliphatic heterocycles. The van der Waals surface area contributed by atoms with Crippen molar-refractivity contribution >= 4 is 22.3 Å². The van der Waals surface area contributed by atoms with Gasteiger partial charge in [-0.05, 0) is 38.1 Å². The van der Waals surface area contributed by atoms with E-state index in [1.807, 2.05) is 18.2 Å². The predicted molar refractivity (Wildman–Crippen MR) is 113 cm³/mol. The number of aromatic nitrogens is 2. The largest absolute Gasteiger partial charge is 0.377 e. The number of halogens is 3. The second kappa shape index (κ2) is 8.47. The fourth-order valence-electron chi connectivity index (χ4n) is 3.94. The van der Waals surface area contributed by atoms with Gasteiger partial charge in [-0.2, -0.15) is 10.2 Å². The summed E-state index contributed by atoms with van der Waals surface area (Å²) in [5, 5.41) is 15.6. The Morgan fingerprint density at radius 2 is 2.00 bits per heavy atom. The Morgan fingerprint density at radius 1 is 1.20 bits per heavy atom. The van der Waals surface area contributed by atoms with E-state index in [-0.39, 0.29) is 5.56 Å². The molecule has 1 aliphatic rings. The van der Waals surface area contributed by atoms with Crippen LogP contribution in [0.3, 0.4) is 0 Å². The van der Waals surface area contributed by atoms with Crippen molar-refractivity contribution in [3.63, 3.8) is 0 Å². The molecule has 0 saturated carbocycles. The van der Waals surface area contributed by atoms with Crippen LogP contribution in [0.15, 0.2) is 42.6 Å². The normalized spacial score (nSPS) is 17.5. The quantitative estimate of drug-likeness (QED) is 0.612. The Balaban J connectivity index is 1.65. The number of benzene rings is 2. The average Bonchev–Trinajstić information content (AvgIpc) is 3.28. The SMILES string of the molecule is C[C@@H](Nc1cnnc2ccc(N(C)C3CCNC3)cc12)c1cccc(C(F)F)c1F. The number of anilines is 2. The smallest absolute Gasteiger partial charge is 0.266 e. The molecule has 8 heteroatoms. The average molecular weight is 415 g/mol. The van der Waals surface area contributed by atoms with Crippen LogP contribution in [0, 0.1) is 5.82 Å². The van der Waals surface area contributed by atoms with Gasteiger partial charge in [0.2, 0.25) is 0 Å². The van der Waals surface area contributed by atoms with E-state index in [0.717, 1.165) is 36.7 Å². The molecule has 0 aliphatic carbocycles. The molecule has 0 spiro atoms. The third-order valence-corrected chi connectivity index (χ3v) is 5.74. The molecule has 30 heavy (non-hydrogen) atoms. The molecule has 1 fully saturated rings. The van der Waals surface area contributed by atoms with Gasteiger partial charge in [0, 0.05) is 36.3 Å². The van der Waals surface area contributed by atoms with E-state index in [0.29, 0.717) is 17.2 Å². The van der Waals surface area contributed by atoms with Gasteiger partial charge in [-0.1, -0.05) is 18.2 Å². The summed E-state index contributed by atoms with van der Waals surface area (Å²) in [5.41, 5.74) is 2.02. The zero-order valence-electron chi connectivity index (χ0n) is 16.9. The molecule has 2 atom stereocenters. The topological polar surface area (TPSA) is 53.1 Å². The van der Waals surface area contributed by atoms with Crippen LogP contribution in [-0.2, 0) is 0 Å². The third-order valence-electron chi connectivity index (χ3n) is 5.74. The van der Waals surface area contributed by atoms with Crippen molar-refractivity contribution in [1.82, 2.24) is 15.5 Å². The van der Waals surface area contributed by atoms with Crippen LogP contribution < -0.4 is 15.5 Å². The summed E-state index contributed by atoms with van der Waals surface area (Å²) in [6, 6.07) is 9.91. The predicted octanol–water partition coefficient (Wildman–Crippen LogP) is 4.68. The van der Waals surface area contributed by atoms with Crippen LogP contribution in [-0.4, -0.2) is 36.4 Å². The maximum atomic E-state index is 14.6. The summed E-state index contributed by atoms with van der Waals surface area (Å²) in [4.78, 5) is 2.23. The molecule has 2 heterocycles. The Morgan fingerprint density at radius 3 is 2.73 bits per heavy atom. The van der Waals surface area contributed by atoms with Crippen molar-refractivity contribution in [2.45, 2.75) is 31.9 Å². The zero-order chi connectivity index (χ0) is 21.3. The maximum absolute atomic E-state index is 14.6. The van der Waals surface area contributed by atoms with E-state index in [9.17, 15) is 13.2 Å². The molecular weight excluding hydrogens is 391 g/mol. The van der Waals surface area contributed by atoms with Gasteiger partial charge < -0.3 is 15.5 Å². The minimum Gasteiger partial charge on any atom is -0.377 e. The lowest BCUT2D eigenvalue weighted by Crippen LogP contribution is -2.33. The third kappa shape index (κ3) is 3.92. The van der Waals surface area contributed by atoms with Crippen molar-refractivity contribution in [2.75, 3.05) is 30.4 Å². The van der Waals surface area contributed by atoms with Crippen molar-refractivity contribution in [3.05, 3.63) is 59.5 Å². The Labute approximate surface area is 173 Å². The minimum atomic E-state index is -2.86. The van der Waals surface area contributed by atoms with E-state index in [4.69, 9.17) is 0 Å². The van der Waals surface area contributed by atoms with Gasteiger partial charge in [0.05, 0.1) is 29.0 Å². The van der Waals surface area contributed by atoms with E-state index >= 15 is 0 Å². The van der Waals surface area contributed by atoms with Gasteiger partial charge in [-0.25, -0.2) is 13.2 Å². The highest BCUT2D eigenvalue weighted by Crippen LogP contribution is 2.32. The minimum absolute atomic E-state index is 0.183. The Kier molecular flexibility index (Phi) is 5.76. The highest BCUT2D eigenvalue weighted by atomic mass is 19.3. The van der Waals surface area contributed by atoms with Crippen LogP contribution in [0.2, 0.25) is 0 Å². The molecule has 0 bridgehead atoms. The van der Waals surface area contributed by atoms with Crippen LogP contribution in [0.4, 0.5) is 24.5 Å². The summed E-state index contributed by atoms with van der Waals surface area (Å²) in [5.74, 6) is -0.882. The highest BCUT2D eigenvalue weighted by Gasteiger charge is 2.22. The van der Waals surface area contributed by atoms with Crippen LogP contribution >= 0.6 is 0 Å². The number of nitrogens with zero attached hydrogens (tertiary/aromatic N) is 3. The zero-order valence-corrected chi connectivity index (χ0v) is 16.9. The van der Waals surface area contributed by atoms with Gasteiger partial charge in [-0.15, -0.1) is 0 Å². The van der Waals surface area contributed by atoms with Crippen molar-refractivity contribution in [3.8, 4) is 0 Å². The van der Waals surface area contributed by atoms with E-state index in [2.05, 4.69) is 32.8 Å². The molecule has 1 aromatic heterocycles. The molecule has 158 valence electrons. The summed E-state index contributed by atoms with van der Waals surface area (Å²) in [6.45, 7) is 3.67. The van der Waals surface area contributed by atoms with E-state index < -0.39 is 23.8 Å². The molecule has 0 radical (unpaired) electrons. The maximum Gasteiger partial charge on any atom is 0.266 e. The van der Waals surface area contributed by atoms with Crippen LogP contribution in [0.1, 0.15) is 36.9 Å². The second-order valence-corrected chi connectivity index (χ2v) is 7.63. The first-order valence-corrected chi connectivity index (χ1v) is 9.97. The molecule has 1 saturated heterocycles. The number of alkyl halides is 2. The molecule has 2 aromatic carbocycles. The Bertz CT molecular complexity index is 1040. The first kappa shape index (κ1) is 20.4. The second-order valence-electron chi connectivity index (χ2n) is 7.63. The van der Waals surface area contributed by atoms with Crippen molar-refractivity contribution in [1.29, 1.82) is 0 Å². The fraction of sp³-hybridized carbons (Fsp3) is 0.364. The van der Waals surface area contributed by atoms with E-state index in [1.165, 1.54) is 12.1 Å². The number of likely N-dealkylation sites (N-methyl/N-ethyl adjacent to an activating group) is 1. The fourth-order valence-corrected chi connectivity index (χ4v) is 3.94. The molecule has 4 rings (SSSR count). The summed E-state index contributed by atoms with van der Waals surface area (Å²) < 4.78 is 40.7.